The van der Waals surface area contributed by atoms with Crippen molar-refractivity contribution < 1.29 is 52.6 Å². The van der Waals surface area contributed by atoms with Gasteiger partial charge in [-0.1, -0.05) is 38.6 Å². The van der Waals surface area contributed by atoms with Gasteiger partial charge in [0.15, 0.2) is 0 Å². The van der Waals surface area contributed by atoms with Crippen molar-refractivity contribution >= 4 is 59.1 Å². The van der Waals surface area contributed by atoms with Gasteiger partial charge in [0, 0.05) is 43.8 Å². The van der Waals surface area contributed by atoms with E-state index in [1.807, 2.05) is 13.8 Å². The molecule has 6 N–H and O–H groups in total. The summed E-state index contributed by atoms with van der Waals surface area (Å²) in [6, 6.07) is 5.42. The molecule has 0 fully saturated rings. The van der Waals surface area contributed by atoms with Gasteiger partial charge in [0.25, 0.3) is 11.8 Å². The van der Waals surface area contributed by atoms with Crippen molar-refractivity contribution in [3.05, 3.63) is 54.6 Å². The zero-order chi connectivity index (χ0) is 38.5. The fraction of sp³-hybridized carbons (Fsp3) is 0.441. The van der Waals surface area contributed by atoms with Crippen LogP contribution in [-0.4, -0.2) is 104 Å². The summed E-state index contributed by atoms with van der Waals surface area (Å²) in [6.45, 7) is 5.88. The summed E-state index contributed by atoms with van der Waals surface area (Å²) in [4.78, 5) is 109. The summed E-state index contributed by atoms with van der Waals surface area (Å²) >= 11 is 0. The Labute approximate surface area is 300 Å². The molecule has 1 unspecified atom stereocenters. The number of anilines is 1. The zero-order valence-corrected chi connectivity index (χ0v) is 29.1. The topological polar surface area (TPSA) is 248 Å². The number of benzene rings is 1. The summed E-state index contributed by atoms with van der Waals surface area (Å²) in [5.41, 5.74) is 1.01. The monoisotopic (exact) mass is 727 g/mol. The molecular weight excluding hydrogens is 682 g/mol. The third-order valence-corrected chi connectivity index (χ3v) is 6.93. The zero-order valence-electron chi connectivity index (χ0n) is 29.1. The highest BCUT2D eigenvalue weighted by Crippen LogP contribution is 2.11. The van der Waals surface area contributed by atoms with E-state index in [9.17, 15) is 43.2 Å². The van der Waals surface area contributed by atoms with E-state index in [1.54, 1.807) is 24.3 Å². The number of nitrogens with zero attached hydrogens (tertiary/aromatic N) is 1. The number of hydrogen-bond acceptors (Lipinski definition) is 11. The van der Waals surface area contributed by atoms with Crippen LogP contribution in [0.25, 0.3) is 0 Å². The first-order valence-corrected chi connectivity index (χ1v) is 16.5. The lowest BCUT2D eigenvalue weighted by Crippen LogP contribution is -2.50. The van der Waals surface area contributed by atoms with Gasteiger partial charge >= 0.3 is 12.1 Å². The summed E-state index contributed by atoms with van der Waals surface area (Å²) in [7, 11) is 0. The van der Waals surface area contributed by atoms with Gasteiger partial charge in [0.2, 0.25) is 29.5 Å². The Balaban J connectivity index is 1.63. The van der Waals surface area contributed by atoms with Gasteiger partial charge in [0.1, 0.15) is 19.3 Å². The van der Waals surface area contributed by atoms with E-state index in [0.717, 1.165) is 17.1 Å². The molecule has 0 aromatic heterocycles. The molecule has 0 spiro atoms. The van der Waals surface area contributed by atoms with Crippen molar-refractivity contribution in [2.24, 2.45) is 5.92 Å². The molecule has 1 heterocycles. The average Bonchev–Trinajstić information content (AvgIpc) is 3.42. The highest BCUT2D eigenvalue weighted by molar-refractivity contribution is 6.12. The predicted molar refractivity (Wildman–Crippen MR) is 185 cm³/mol. The Hall–Kier alpha value is -6.07. The largest absolute Gasteiger partial charge is 0.461 e. The van der Waals surface area contributed by atoms with Gasteiger partial charge in [-0.25, -0.2) is 4.79 Å². The fourth-order valence-electron chi connectivity index (χ4n) is 4.37. The predicted octanol–water partition coefficient (Wildman–Crippen LogP) is -0.445. The molecule has 8 amide bonds. The standard InChI is InChI=1S/C34H45N7O11/c1-4-16-51-32(48)7-5-6-26(42)40-25(17-22(2)3)33(49)38-19-28(44)36-18-27(43)37-20-29(45)39-24-10-8-23(9-11-24)21-52-34(50)35-14-15-41-30(46)12-13-31(41)47/h4,8-13,22,25H,1,5-7,14-21H2,2-3H3,(H,35,50)(H,36,44)(H,37,43)(H,38,49)(H,39,45)(H,40,42). The second-order valence-corrected chi connectivity index (χ2v) is 11.8. The minimum Gasteiger partial charge on any atom is -0.461 e. The molecule has 52 heavy (non-hydrogen) atoms. The number of amides is 8. The molecule has 282 valence electrons. The third kappa shape index (κ3) is 17.0. The Bertz CT molecular complexity index is 1490. The van der Waals surface area contributed by atoms with Crippen LogP contribution < -0.4 is 31.9 Å². The van der Waals surface area contributed by atoms with Gasteiger partial charge in [-0.05, 0) is 36.5 Å². The Morgan fingerprint density at radius 1 is 0.788 bits per heavy atom. The molecule has 1 aromatic rings. The number of carbonyl (C=O) groups is 9. The van der Waals surface area contributed by atoms with Crippen LogP contribution in [0.4, 0.5) is 10.5 Å². The first kappa shape index (κ1) is 42.1. The lowest BCUT2D eigenvalue weighted by molar-refractivity contribution is -0.142. The lowest BCUT2D eigenvalue weighted by Gasteiger charge is -2.20. The molecule has 1 aromatic carbocycles. The number of esters is 1. The SMILES string of the molecule is C=CCOC(=O)CCCC(=O)NC(CC(C)C)C(=O)NCC(=O)NCC(=O)NCC(=O)Nc1ccc(COC(=O)NCCN2C(=O)C=CC2=O)cc1. The second-order valence-electron chi connectivity index (χ2n) is 11.8. The number of imide groups is 1. The van der Waals surface area contributed by atoms with Crippen LogP contribution in [0.1, 0.15) is 45.1 Å². The van der Waals surface area contributed by atoms with Gasteiger partial charge in [-0.2, -0.15) is 0 Å². The third-order valence-electron chi connectivity index (χ3n) is 6.93. The summed E-state index contributed by atoms with van der Waals surface area (Å²) < 4.78 is 9.95. The first-order chi connectivity index (χ1) is 24.8. The fourth-order valence-corrected chi connectivity index (χ4v) is 4.37. The molecule has 0 saturated carbocycles. The van der Waals surface area contributed by atoms with Crippen LogP contribution in [-0.2, 0) is 54.4 Å². The minimum atomic E-state index is -0.914. The Morgan fingerprint density at radius 2 is 1.40 bits per heavy atom. The Kier molecular flexibility index (Phi) is 18.3. The van der Waals surface area contributed by atoms with E-state index < -0.39 is 79.1 Å². The maximum atomic E-state index is 12.7. The summed E-state index contributed by atoms with van der Waals surface area (Å²) in [6.07, 6.45) is 3.55. The quantitative estimate of drug-likeness (QED) is 0.0508. The molecule has 1 aliphatic rings. The molecule has 0 radical (unpaired) electrons. The van der Waals surface area contributed by atoms with Crippen LogP contribution in [0.3, 0.4) is 0 Å². The van der Waals surface area contributed by atoms with Crippen molar-refractivity contribution in [3.63, 3.8) is 0 Å². The molecule has 18 heteroatoms. The van der Waals surface area contributed by atoms with E-state index in [0.29, 0.717) is 17.7 Å². The molecule has 0 aliphatic carbocycles. The number of hydrogen-bond donors (Lipinski definition) is 6. The van der Waals surface area contributed by atoms with Gasteiger partial charge in [0.05, 0.1) is 19.6 Å². The van der Waals surface area contributed by atoms with E-state index >= 15 is 0 Å². The smallest absolute Gasteiger partial charge is 0.407 e. The van der Waals surface area contributed by atoms with Crippen molar-refractivity contribution in [3.8, 4) is 0 Å². The van der Waals surface area contributed by atoms with Crippen LogP contribution in [0.5, 0.6) is 0 Å². The Morgan fingerprint density at radius 3 is 2.02 bits per heavy atom. The first-order valence-electron chi connectivity index (χ1n) is 16.5. The number of nitrogens with one attached hydrogen (secondary N) is 6. The highest BCUT2D eigenvalue weighted by Gasteiger charge is 2.24. The van der Waals surface area contributed by atoms with Gasteiger partial charge < -0.3 is 41.4 Å². The van der Waals surface area contributed by atoms with Crippen LogP contribution in [0.2, 0.25) is 0 Å². The van der Waals surface area contributed by atoms with E-state index in [1.165, 1.54) is 6.08 Å². The molecule has 0 bridgehead atoms. The molecule has 0 saturated heterocycles. The van der Waals surface area contributed by atoms with Crippen LogP contribution >= 0.6 is 0 Å². The highest BCUT2D eigenvalue weighted by atomic mass is 16.5. The van der Waals surface area contributed by atoms with E-state index in [4.69, 9.17) is 9.47 Å². The molecule has 18 nitrogen and oxygen atoms in total. The van der Waals surface area contributed by atoms with Gasteiger partial charge in [-0.15, -0.1) is 0 Å². The number of ether oxygens (including phenoxy) is 2. The number of rotatable bonds is 22. The maximum Gasteiger partial charge on any atom is 0.407 e. The summed E-state index contributed by atoms with van der Waals surface area (Å²) in [5, 5.41) is 14.8. The van der Waals surface area contributed by atoms with Crippen molar-refractivity contribution in [2.75, 3.05) is 44.6 Å². The molecular formula is C34H45N7O11. The lowest BCUT2D eigenvalue weighted by atomic mass is 10.0. The maximum absolute atomic E-state index is 12.7. The van der Waals surface area contributed by atoms with Crippen molar-refractivity contribution in [2.45, 2.75) is 52.2 Å². The normalized spacial score (nSPS) is 12.4. The van der Waals surface area contributed by atoms with Crippen molar-refractivity contribution in [1.82, 2.24) is 31.5 Å². The summed E-state index contributed by atoms with van der Waals surface area (Å²) in [5.74, 6) is -4.23. The van der Waals surface area contributed by atoms with E-state index in [-0.39, 0.29) is 51.5 Å². The van der Waals surface area contributed by atoms with Gasteiger partial charge in [-0.3, -0.25) is 43.3 Å². The van der Waals surface area contributed by atoms with E-state index in [2.05, 4.69) is 38.5 Å². The number of carbonyl (C=O) groups excluding carboxylic acids is 9. The molecule has 1 atom stereocenters. The molecule has 1 aliphatic heterocycles. The minimum absolute atomic E-state index is 0.000967. The second kappa shape index (κ2) is 22.6. The van der Waals surface area contributed by atoms with Crippen molar-refractivity contribution in [1.29, 1.82) is 0 Å². The van der Waals surface area contributed by atoms with Crippen LogP contribution in [0, 0.1) is 5.92 Å². The number of alkyl carbamates (subject to hydrolysis) is 1. The van der Waals surface area contributed by atoms with Crippen LogP contribution in [0.15, 0.2) is 49.1 Å². The molecule has 2 rings (SSSR count). The average molecular weight is 728 g/mol.